The van der Waals surface area contributed by atoms with Crippen molar-refractivity contribution in [3.8, 4) is 11.3 Å². The number of aromatic nitrogens is 1. The number of amides is 2. The fourth-order valence-corrected chi connectivity index (χ4v) is 2.49. The third kappa shape index (κ3) is 4.68. The van der Waals surface area contributed by atoms with Crippen molar-refractivity contribution in [2.24, 2.45) is 0 Å². The lowest BCUT2D eigenvalue weighted by molar-refractivity contribution is -0.127. The summed E-state index contributed by atoms with van der Waals surface area (Å²) < 4.78 is 0. The van der Waals surface area contributed by atoms with E-state index in [1.807, 2.05) is 49.6 Å². The Labute approximate surface area is 127 Å². The van der Waals surface area contributed by atoms with Crippen LogP contribution in [0.5, 0.6) is 0 Å². The van der Waals surface area contributed by atoms with Gasteiger partial charge >= 0.3 is 0 Å². The van der Waals surface area contributed by atoms with Gasteiger partial charge < -0.3 is 10.6 Å². The van der Waals surface area contributed by atoms with Crippen molar-refractivity contribution < 1.29 is 9.59 Å². The highest BCUT2D eigenvalue weighted by Gasteiger charge is 2.12. The Hall–Kier alpha value is -2.21. The monoisotopic (exact) mass is 303 g/mol. The third-order valence-electron chi connectivity index (χ3n) is 2.59. The molecule has 6 heteroatoms. The van der Waals surface area contributed by atoms with Gasteiger partial charge in [-0.1, -0.05) is 30.3 Å². The molecule has 21 heavy (non-hydrogen) atoms. The van der Waals surface area contributed by atoms with E-state index in [0.29, 0.717) is 5.13 Å². The lowest BCUT2D eigenvalue weighted by Crippen LogP contribution is -2.33. The van der Waals surface area contributed by atoms with E-state index in [4.69, 9.17) is 0 Å². The van der Waals surface area contributed by atoms with Gasteiger partial charge in [0.1, 0.15) is 6.42 Å². The molecule has 2 N–H and O–H groups in total. The minimum atomic E-state index is -0.359. The van der Waals surface area contributed by atoms with Gasteiger partial charge in [-0.25, -0.2) is 4.98 Å². The molecule has 2 rings (SSSR count). The maximum Gasteiger partial charge on any atom is 0.235 e. The molecule has 0 unspecified atom stereocenters. The second-order valence-corrected chi connectivity index (χ2v) is 5.71. The first-order chi connectivity index (χ1) is 10.0. The molecule has 2 aromatic rings. The van der Waals surface area contributed by atoms with E-state index in [9.17, 15) is 9.59 Å². The molecule has 0 spiro atoms. The molecule has 0 aliphatic heterocycles. The molecule has 0 aliphatic rings. The van der Waals surface area contributed by atoms with Crippen LogP contribution in [0.15, 0.2) is 35.7 Å². The number of hydrogen-bond acceptors (Lipinski definition) is 4. The molecule has 0 radical (unpaired) electrons. The minimum absolute atomic E-state index is 0.0230. The fourth-order valence-electron chi connectivity index (χ4n) is 1.75. The van der Waals surface area contributed by atoms with E-state index in [-0.39, 0.29) is 24.3 Å². The highest BCUT2D eigenvalue weighted by molar-refractivity contribution is 7.14. The van der Waals surface area contributed by atoms with Crippen molar-refractivity contribution in [1.29, 1.82) is 0 Å². The molecular weight excluding hydrogens is 286 g/mol. The largest absolute Gasteiger partial charge is 0.353 e. The van der Waals surface area contributed by atoms with Crippen molar-refractivity contribution in [2.45, 2.75) is 26.3 Å². The topological polar surface area (TPSA) is 71.1 Å². The van der Waals surface area contributed by atoms with Gasteiger partial charge in [0.25, 0.3) is 0 Å². The zero-order valence-corrected chi connectivity index (χ0v) is 12.7. The summed E-state index contributed by atoms with van der Waals surface area (Å²) in [5.41, 5.74) is 1.80. The predicted molar refractivity (Wildman–Crippen MR) is 84.1 cm³/mol. The number of nitrogens with one attached hydrogen (secondary N) is 2. The van der Waals surface area contributed by atoms with Gasteiger partial charge in [0.05, 0.1) is 5.69 Å². The van der Waals surface area contributed by atoms with Gasteiger partial charge in [0, 0.05) is 17.0 Å². The molecule has 0 atom stereocenters. The van der Waals surface area contributed by atoms with Gasteiger partial charge in [-0.05, 0) is 13.8 Å². The average Bonchev–Trinajstić information content (AvgIpc) is 2.86. The van der Waals surface area contributed by atoms with Gasteiger partial charge in [0.2, 0.25) is 11.8 Å². The van der Waals surface area contributed by atoms with Crippen molar-refractivity contribution in [3.63, 3.8) is 0 Å². The SMILES string of the molecule is CC(C)NC(=O)CC(=O)Nc1nc(-c2ccccc2)cs1. The molecule has 0 saturated carbocycles. The predicted octanol–water partition coefficient (Wildman–Crippen LogP) is 2.66. The highest BCUT2D eigenvalue weighted by Crippen LogP contribution is 2.24. The number of thiazole rings is 1. The molecule has 1 aromatic heterocycles. The van der Waals surface area contributed by atoms with E-state index < -0.39 is 0 Å². The maximum absolute atomic E-state index is 11.7. The van der Waals surface area contributed by atoms with E-state index in [0.717, 1.165) is 11.3 Å². The van der Waals surface area contributed by atoms with Gasteiger partial charge in [0.15, 0.2) is 5.13 Å². The normalized spacial score (nSPS) is 10.4. The summed E-state index contributed by atoms with van der Waals surface area (Å²) in [4.78, 5) is 27.6. The number of nitrogens with zero attached hydrogens (tertiary/aromatic N) is 1. The summed E-state index contributed by atoms with van der Waals surface area (Å²) in [6, 6.07) is 9.74. The summed E-state index contributed by atoms with van der Waals surface area (Å²) in [6.07, 6.45) is -0.196. The van der Waals surface area contributed by atoms with E-state index in [1.165, 1.54) is 11.3 Å². The van der Waals surface area contributed by atoms with Crippen LogP contribution in [0, 0.1) is 0 Å². The second kappa shape index (κ2) is 6.99. The molecule has 2 amide bonds. The van der Waals surface area contributed by atoms with Crippen LogP contribution in [0.2, 0.25) is 0 Å². The highest BCUT2D eigenvalue weighted by atomic mass is 32.1. The van der Waals surface area contributed by atoms with Crippen molar-refractivity contribution in [1.82, 2.24) is 10.3 Å². The zero-order valence-electron chi connectivity index (χ0n) is 11.9. The Morgan fingerprint density at radius 2 is 1.90 bits per heavy atom. The van der Waals surface area contributed by atoms with Crippen LogP contribution in [0.1, 0.15) is 20.3 Å². The molecule has 5 nitrogen and oxygen atoms in total. The smallest absolute Gasteiger partial charge is 0.235 e. The quantitative estimate of drug-likeness (QED) is 0.834. The fraction of sp³-hybridized carbons (Fsp3) is 0.267. The molecule has 1 aromatic carbocycles. The van der Waals surface area contributed by atoms with Crippen LogP contribution in [-0.2, 0) is 9.59 Å². The van der Waals surface area contributed by atoms with Crippen molar-refractivity contribution in [3.05, 3.63) is 35.7 Å². The van der Waals surface area contributed by atoms with Gasteiger partial charge in [-0.15, -0.1) is 11.3 Å². The molecule has 0 saturated heterocycles. The standard InChI is InChI=1S/C15H17N3O2S/c1-10(2)16-13(19)8-14(20)18-15-17-12(9-21-15)11-6-4-3-5-7-11/h3-7,9-10H,8H2,1-2H3,(H,16,19)(H,17,18,20). The summed E-state index contributed by atoms with van der Waals surface area (Å²) in [7, 11) is 0. The molecule has 0 bridgehead atoms. The molecule has 0 fully saturated rings. The number of hydrogen-bond donors (Lipinski definition) is 2. The Balaban J connectivity index is 1.94. The molecular formula is C15H17N3O2S. The summed E-state index contributed by atoms with van der Waals surface area (Å²) >= 11 is 1.34. The van der Waals surface area contributed by atoms with Gasteiger partial charge in [-0.2, -0.15) is 0 Å². The molecule has 1 heterocycles. The number of rotatable bonds is 5. The zero-order chi connectivity index (χ0) is 15.2. The first-order valence-electron chi connectivity index (χ1n) is 6.65. The number of benzene rings is 1. The lowest BCUT2D eigenvalue weighted by atomic mass is 10.2. The first-order valence-corrected chi connectivity index (χ1v) is 7.52. The van der Waals surface area contributed by atoms with E-state index in [2.05, 4.69) is 15.6 Å². The second-order valence-electron chi connectivity index (χ2n) is 4.85. The Bertz CT molecular complexity index is 623. The van der Waals surface area contributed by atoms with Crippen molar-refractivity contribution in [2.75, 3.05) is 5.32 Å². The maximum atomic E-state index is 11.7. The lowest BCUT2D eigenvalue weighted by Gasteiger charge is -2.07. The van der Waals surface area contributed by atoms with E-state index in [1.54, 1.807) is 0 Å². The molecule has 110 valence electrons. The van der Waals surface area contributed by atoms with E-state index >= 15 is 0 Å². The first kappa shape index (κ1) is 15.2. The summed E-state index contributed by atoms with van der Waals surface area (Å²) in [6.45, 7) is 3.70. The van der Waals surface area contributed by atoms with Crippen LogP contribution in [0.4, 0.5) is 5.13 Å². The van der Waals surface area contributed by atoms with Crippen LogP contribution in [-0.4, -0.2) is 22.8 Å². The van der Waals surface area contributed by atoms with Crippen molar-refractivity contribution >= 4 is 28.3 Å². The Kier molecular flexibility index (Phi) is 5.05. The minimum Gasteiger partial charge on any atom is -0.353 e. The van der Waals surface area contributed by atoms with Gasteiger partial charge in [-0.3, -0.25) is 9.59 Å². The third-order valence-corrected chi connectivity index (χ3v) is 3.35. The average molecular weight is 303 g/mol. The number of carbonyl (C=O) groups excluding carboxylic acids is 2. The molecule has 0 aliphatic carbocycles. The number of anilines is 1. The van der Waals surface area contributed by atoms with Crippen LogP contribution < -0.4 is 10.6 Å². The van der Waals surface area contributed by atoms with Crippen LogP contribution >= 0.6 is 11.3 Å². The van der Waals surface area contributed by atoms with Crippen LogP contribution in [0.25, 0.3) is 11.3 Å². The van der Waals surface area contributed by atoms with Crippen LogP contribution in [0.3, 0.4) is 0 Å². The Morgan fingerprint density at radius 3 is 2.57 bits per heavy atom. The summed E-state index contributed by atoms with van der Waals surface area (Å²) in [5.74, 6) is -0.649. The summed E-state index contributed by atoms with van der Waals surface area (Å²) in [5, 5.41) is 7.69. The Morgan fingerprint density at radius 1 is 1.19 bits per heavy atom. The number of carbonyl (C=O) groups is 2.